The molecule has 25 heavy (non-hydrogen) atoms. The summed E-state index contributed by atoms with van der Waals surface area (Å²) in [7, 11) is 0. The maximum atomic E-state index is 12.6. The third-order valence-electron chi connectivity index (χ3n) is 4.34. The van der Waals surface area contributed by atoms with Crippen molar-refractivity contribution in [3.63, 3.8) is 0 Å². The molecule has 2 aliphatic rings. The van der Waals surface area contributed by atoms with E-state index in [0.29, 0.717) is 24.1 Å². The van der Waals surface area contributed by atoms with Crippen molar-refractivity contribution in [3.8, 4) is 0 Å². The molecule has 1 unspecified atom stereocenters. The summed E-state index contributed by atoms with van der Waals surface area (Å²) >= 11 is 0. The zero-order chi connectivity index (χ0) is 18.1. The summed E-state index contributed by atoms with van der Waals surface area (Å²) in [6.45, 7) is 0.566. The van der Waals surface area contributed by atoms with Gasteiger partial charge < -0.3 is 10.0 Å². The van der Waals surface area contributed by atoms with Crippen molar-refractivity contribution in [1.29, 1.82) is 0 Å². The first-order valence-electron chi connectivity index (χ1n) is 7.67. The van der Waals surface area contributed by atoms with Crippen molar-refractivity contribution < 1.29 is 29.1 Å². The molecule has 0 spiro atoms. The fourth-order valence-electron chi connectivity index (χ4n) is 3.07. The van der Waals surface area contributed by atoms with Gasteiger partial charge in [0, 0.05) is 30.8 Å². The second-order valence-electron chi connectivity index (χ2n) is 5.74. The number of benzene rings is 1. The summed E-state index contributed by atoms with van der Waals surface area (Å²) in [4.78, 5) is 61.3. The van der Waals surface area contributed by atoms with E-state index in [4.69, 9.17) is 5.11 Å². The van der Waals surface area contributed by atoms with E-state index in [1.165, 1.54) is 9.80 Å². The van der Waals surface area contributed by atoms with Crippen LogP contribution in [0.2, 0.25) is 0 Å². The molecule has 1 aromatic rings. The van der Waals surface area contributed by atoms with E-state index in [-0.39, 0.29) is 24.3 Å². The third kappa shape index (κ3) is 2.84. The van der Waals surface area contributed by atoms with Crippen molar-refractivity contribution in [2.45, 2.75) is 18.9 Å². The quantitative estimate of drug-likeness (QED) is 0.644. The van der Waals surface area contributed by atoms with Gasteiger partial charge in [0.05, 0.1) is 0 Å². The van der Waals surface area contributed by atoms with Gasteiger partial charge in [0.1, 0.15) is 12.3 Å². The van der Waals surface area contributed by atoms with Gasteiger partial charge in [0.25, 0.3) is 5.91 Å². The van der Waals surface area contributed by atoms with Gasteiger partial charge in [-0.1, -0.05) is 0 Å². The number of aldehydes is 1. The van der Waals surface area contributed by atoms with Crippen LogP contribution < -0.4 is 4.90 Å². The Labute approximate surface area is 142 Å². The number of imide groups is 3. The molecule has 2 heterocycles. The van der Waals surface area contributed by atoms with Crippen LogP contribution >= 0.6 is 0 Å². The van der Waals surface area contributed by atoms with Crippen LogP contribution in [0.25, 0.3) is 0 Å². The molecular weight excluding hydrogens is 330 g/mol. The molecule has 1 N–H and O–H groups in total. The summed E-state index contributed by atoms with van der Waals surface area (Å²) in [6.07, 6.45) is -0.946. The number of hydrogen-bond donors (Lipinski definition) is 1. The minimum atomic E-state index is -1.63. The van der Waals surface area contributed by atoms with E-state index in [9.17, 15) is 24.0 Å². The minimum absolute atomic E-state index is 0.102. The second kappa shape index (κ2) is 6.34. The van der Waals surface area contributed by atoms with Gasteiger partial charge in [-0.3, -0.25) is 19.3 Å². The molecule has 1 aromatic carbocycles. The second-order valence-corrected chi connectivity index (χ2v) is 5.74. The Balaban J connectivity index is 1.79. The highest BCUT2D eigenvalue weighted by Gasteiger charge is 2.45. The van der Waals surface area contributed by atoms with Crippen LogP contribution in [0.4, 0.5) is 15.3 Å². The molecule has 9 heteroatoms. The Morgan fingerprint density at radius 3 is 2.40 bits per heavy atom. The Kier molecular flexibility index (Phi) is 4.22. The van der Waals surface area contributed by atoms with Crippen molar-refractivity contribution in [1.82, 2.24) is 9.80 Å². The van der Waals surface area contributed by atoms with Crippen LogP contribution in [0.3, 0.4) is 0 Å². The van der Waals surface area contributed by atoms with Crippen LogP contribution in [0, 0.1) is 0 Å². The molecule has 9 nitrogen and oxygen atoms in total. The lowest BCUT2D eigenvalue weighted by Crippen LogP contribution is -2.56. The largest absolute Gasteiger partial charge is 0.464 e. The third-order valence-corrected chi connectivity index (χ3v) is 4.34. The van der Waals surface area contributed by atoms with Gasteiger partial charge in [-0.05, 0) is 30.7 Å². The SMILES string of the molecule is O=Cc1ccc(N2CCN(C3CCC(=O)N(C(=O)O)C3=O)C2=O)cc1. The molecular formula is C16H15N3O6. The summed E-state index contributed by atoms with van der Waals surface area (Å²) in [5, 5.41) is 9.03. The first-order valence-corrected chi connectivity index (χ1v) is 7.67. The van der Waals surface area contributed by atoms with Gasteiger partial charge in [-0.25, -0.2) is 9.59 Å². The summed E-state index contributed by atoms with van der Waals surface area (Å²) < 4.78 is 0. The van der Waals surface area contributed by atoms with E-state index in [1.807, 2.05) is 0 Å². The number of anilines is 1. The summed E-state index contributed by atoms with van der Waals surface area (Å²) in [5.74, 6) is -1.67. The normalized spacial score (nSPS) is 21.0. The van der Waals surface area contributed by atoms with Gasteiger partial charge in [-0.2, -0.15) is 4.90 Å². The smallest absolute Gasteiger partial charge is 0.421 e. The predicted molar refractivity (Wildman–Crippen MR) is 84.2 cm³/mol. The maximum absolute atomic E-state index is 12.6. The molecule has 1 atom stereocenters. The Hall–Kier alpha value is -3.23. The highest BCUT2D eigenvalue weighted by molar-refractivity contribution is 6.12. The van der Waals surface area contributed by atoms with Crippen molar-refractivity contribution in [2.75, 3.05) is 18.0 Å². The Morgan fingerprint density at radius 2 is 1.80 bits per heavy atom. The molecule has 130 valence electrons. The maximum Gasteiger partial charge on any atom is 0.421 e. The first-order chi connectivity index (χ1) is 11.9. The molecule has 3 rings (SSSR count). The van der Waals surface area contributed by atoms with Crippen LogP contribution in [-0.2, 0) is 9.59 Å². The number of nitrogens with zero attached hydrogens (tertiary/aromatic N) is 3. The van der Waals surface area contributed by atoms with Crippen LogP contribution in [-0.4, -0.2) is 64.3 Å². The number of hydrogen-bond acceptors (Lipinski definition) is 5. The molecule has 0 aromatic heterocycles. The number of rotatable bonds is 3. The molecule has 0 bridgehead atoms. The lowest BCUT2D eigenvalue weighted by atomic mass is 10.0. The number of urea groups is 1. The number of likely N-dealkylation sites (tertiary alicyclic amines) is 1. The Morgan fingerprint density at radius 1 is 1.12 bits per heavy atom. The van der Waals surface area contributed by atoms with Gasteiger partial charge >= 0.3 is 12.1 Å². The topological polar surface area (TPSA) is 115 Å². The van der Waals surface area contributed by atoms with Crippen molar-refractivity contribution >= 4 is 35.9 Å². The zero-order valence-corrected chi connectivity index (χ0v) is 13.1. The van der Waals surface area contributed by atoms with Crippen LogP contribution in [0.5, 0.6) is 0 Å². The average molecular weight is 345 g/mol. The molecule has 0 radical (unpaired) electrons. The molecule has 2 fully saturated rings. The minimum Gasteiger partial charge on any atom is -0.464 e. The molecule has 2 saturated heterocycles. The van der Waals surface area contributed by atoms with Crippen molar-refractivity contribution in [2.24, 2.45) is 0 Å². The highest BCUT2D eigenvalue weighted by Crippen LogP contribution is 2.26. The van der Waals surface area contributed by atoms with Crippen LogP contribution in [0.15, 0.2) is 24.3 Å². The number of amides is 5. The summed E-state index contributed by atoms with van der Waals surface area (Å²) in [5.41, 5.74) is 1.05. The van der Waals surface area contributed by atoms with Gasteiger partial charge in [0.2, 0.25) is 5.91 Å². The van der Waals surface area contributed by atoms with Crippen LogP contribution in [0.1, 0.15) is 23.2 Å². The zero-order valence-electron chi connectivity index (χ0n) is 13.1. The van der Waals surface area contributed by atoms with E-state index in [1.54, 1.807) is 24.3 Å². The summed E-state index contributed by atoms with van der Waals surface area (Å²) in [6, 6.07) is 5.00. The monoisotopic (exact) mass is 345 g/mol. The Bertz CT molecular complexity index is 760. The number of piperidine rings is 1. The highest BCUT2D eigenvalue weighted by atomic mass is 16.4. The van der Waals surface area contributed by atoms with E-state index in [2.05, 4.69) is 0 Å². The fourth-order valence-corrected chi connectivity index (χ4v) is 3.07. The van der Waals surface area contributed by atoms with Crippen molar-refractivity contribution in [3.05, 3.63) is 29.8 Å². The number of carbonyl (C=O) groups is 5. The molecule has 0 saturated carbocycles. The van der Waals surface area contributed by atoms with E-state index < -0.39 is 30.0 Å². The molecule has 2 aliphatic heterocycles. The van der Waals surface area contributed by atoms with E-state index >= 15 is 0 Å². The van der Waals surface area contributed by atoms with E-state index in [0.717, 1.165) is 0 Å². The standard InChI is InChI=1S/C16H15N3O6/c20-9-10-1-3-11(4-2-10)17-7-8-18(15(17)23)12-5-6-13(21)19(14(12)22)16(24)25/h1-4,9,12H,5-8H2,(H,24,25). The van der Waals surface area contributed by atoms with Gasteiger partial charge in [0.15, 0.2) is 0 Å². The fraction of sp³-hybridized carbons (Fsp3) is 0.312. The number of carboxylic acid groups (broad SMARTS) is 1. The molecule has 0 aliphatic carbocycles. The first kappa shape index (κ1) is 16.6. The lowest BCUT2D eigenvalue weighted by Gasteiger charge is -2.32. The lowest BCUT2D eigenvalue weighted by molar-refractivity contribution is -0.148. The predicted octanol–water partition coefficient (Wildman–Crippen LogP) is 0.937. The molecule has 5 amide bonds. The van der Waals surface area contributed by atoms with Gasteiger partial charge in [-0.15, -0.1) is 0 Å². The number of carbonyl (C=O) groups excluding carboxylic acids is 4. The average Bonchev–Trinajstić information content (AvgIpc) is 2.96.